The molecular weight excluding hydrogens is 236 g/mol. The molecule has 0 fully saturated rings. The predicted molar refractivity (Wildman–Crippen MR) is 81.1 cm³/mol. The van der Waals surface area contributed by atoms with Gasteiger partial charge in [-0.15, -0.1) is 0 Å². The summed E-state index contributed by atoms with van der Waals surface area (Å²) in [6.07, 6.45) is 4.35. The van der Waals surface area contributed by atoms with Gasteiger partial charge >= 0.3 is 0 Å². The average molecular weight is 262 g/mol. The van der Waals surface area contributed by atoms with Gasteiger partial charge in [0.05, 0.1) is 0 Å². The summed E-state index contributed by atoms with van der Waals surface area (Å²) < 4.78 is 0. The fraction of sp³-hybridized carbons (Fsp3) is 0.562. The number of carbonyl (C=O) groups excluding carboxylic acids is 1. The third kappa shape index (κ3) is 5.88. The van der Waals surface area contributed by atoms with Crippen LogP contribution < -0.4 is 11.1 Å². The minimum absolute atomic E-state index is 0.00198. The Hall–Kier alpha value is -1.35. The summed E-state index contributed by atoms with van der Waals surface area (Å²) in [5, 5.41) is 2.89. The fourth-order valence-electron chi connectivity index (χ4n) is 1.88. The van der Waals surface area contributed by atoms with Crippen LogP contribution in [0.4, 0.5) is 5.69 Å². The molecule has 19 heavy (non-hydrogen) atoms. The van der Waals surface area contributed by atoms with E-state index in [2.05, 4.69) is 12.2 Å². The Morgan fingerprint density at radius 2 is 1.89 bits per heavy atom. The van der Waals surface area contributed by atoms with Gasteiger partial charge in [0.25, 0.3) is 0 Å². The van der Waals surface area contributed by atoms with Gasteiger partial charge in [-0.1, -0.05) is 45.7 Å². The van der Waals surface area contributed by atoms with E-state index in [9.17, 15) is 4.79 Å². The molecule has 0 heterocycles. The summed E-state index contributed by atoms with van der Waals surface area (Å²) in [6, 6.07) is 8.21. The van der Waals surface area contributed by atoms with Crippen LogP contribution in [-0.4, -0.2) is 11.9 Å². The molecule has 0 saturated carbocycles. The molecule has 3 heteroatoms. The highest BCUT2D eigenvalue weighted by Crippen LogP contribution is 2.13. The first-order valence-corrected chi connectivity index (χ1v) is 7.18. The van der Waals surface area contributed by atoms with E-state index in [-0.39, 0.29) is 17.9 Å². The van der Waals surface area contributed by atoms with Crippen LogP contribution in [0, 0.1) is 5.92 Å². The van der Waals surface area contributed by atoms with Crippen LogP contribution in [0.25, 0.3) is 0 Å². The van der Waals surface area contributed by atoms with Gasteiger partial charge in [-0.2, -0.15) is 0 Å². The van der Waals surface area contributed by atoms with Crippen LogP contribution in [0.2, 0.25) is 0 Å². The van der Waals surface area contributed by atoms with Crippen LogP contribution in [0.15, 0.2) is 24.3 Å². The van der Waals surface area contributed by atoms with Crippen LogP contribution in [0.3, 0.4) is 0 Å². The Morgan fingerprint density at radius 3 is 2.42 bits per heavy atom. The lowest BCUT2D eigenvalue weighted by molar-refractivity contribution is -0.118. The van der Waals surface area contributed by atoms with E-state index >= 15 is 0 Å². The van der Waals surface area contributed by atoms with Gasteiger partial charge < -0.3 is 11.1 Å². The second-order valence-electron chi connectivity index (χ2n) is 5.45. The smallest absolute Gasteiger partial charge is 0.226 e. The first-order valence-electron chi connectivity index (χ1n) is 7.18. The summed E-state index contributed by atoms with van der Waals surface area (Å²) in [6.45, 7) is 5.95. The maximum Gasteiger partial charge on any atom is 0.226 e. The minimum Gasteiger partial charge on any atom is -0.327 e. The van der Waals surface area contributed by atoms with Gasteiger partial charge in [0, 0.05) is 17.6 Å². The molecule has 0 bridgehead atoms. The molecule has 3 nitrogen and oxygen atoms in total. The van der Waals surface area contributed by atoms with E-state index in [4.69, 9.17) is 5.73 Å². The van der Waals surface area contributed by atoms with Crippen molar-refractivity contribution in [3.05, 3.63) is 29.8 Å². The summed E-state index contributed by atoms with van der Waals surface area (Å²) in [5.41, 5.74) is 8.16. The summed E-state index contributed by atoms with van der Waals surface area (Å²) in [7, 11) is 0. The highest BCUT2D eigenvalue weighted by molar-refractivity contribution is 5.91. The summed E-state index contributed by atoms with van der Waals surface area (Å²) in [4.78, 5) is 11.6. The third-order valence-corrected chi connectivity index (χ3v) is 3.17. The van der Waals surface area contributed by atoms with Gasteiger partial charge in [0.2, 0.25) is 5.91 Å². The average Bonchev–Trinajstić information content (AvgIpc) is 2.38. The molecule has 106 valence electrons. The van der Waals surface area contributed by atoms with E-state index in [0.717, 1.165) is 18.5 Å². The number of amides is 1. The summed E-state index contributed by atoms with van der Waals surface area (Å²) in [5.74, 6) is 0.0505. The lowest BCUT2D eigenvalue weighted by atomic mass is 10.0. The zero-order chi connectivity index (χ0) is 14.3. The van der Waals surface area contributed by atoms with Crippen molar-refractivity contribution in [3.8, 4) is 0 Å². The molecule has 1 atom stereocenters. The van der Waals surface area contributed by atoms with Crippen molar-refractivity contribution in [1.29, 1.82) is 0 Å². The Balaban J connectivity index is 2.49. The summed E-state index contributed by atoms with van der Waals surface area (Å²) >= 11 is 0. The molecule has 1 rings (SSSR count). The van der Waals surface area contributed by atoms with Gasteiger partial charge in [-0.3, -0.25) is 4.79 Å². The van der Waals surface area contributed by atoms with Crippen LogP contribution in [0.1, 0.15) is 45.6 Å². The normalized spacial score (nSPS) is 12.5. The highest BCUT2D eigenvalue weighted by Gasteiger charge is 2.07. The zero-order valence-electron chi connectivity index (χ0n) is 12.3. The quantitative estimate of drug-likeness (QED) is 0.792. The van der Waals surface area contributed by atoms with Crippen molar-refractivity contribution in [2.75, 3.05) is 5.32 Å². The maximum atomic E-state index is 11.6. The first-order chi connectivity index (χ1) is 9.02. The second kappa shape index (κ2) is 7.95. The van der Waals surface area contributed by atoms with Gasteiger partial charge in [-0.25, -0.2) is 0 Å². The van der Waals surface area contributed by atoms with Crippen molar-refractivity contribution in [2.24, 2.45) is 11.7 Å². The SMILES string of the molecule is CCCCC(N)Cc1ccc(NC(=O)C(C)C)cc1. The van der Waals surface area contributed by atoms with Gasteiger partial charge in [0.15, 0.2) is 0 Å². The number of anilines is 1. The number of nitrogens with one attached hydrogen (secondary N) is 1. The molecule has 1 amide bonds. The topological polar surface area (TPSA) is 55.1 Å². The largest absolute Gasteiger partial charge is 0.327 e. The van der Waals surface area contributed by atoms with Gasteiger partial charge in [0.1, 0.15) is 0 Å². The molecule has 0 spiro atoms. The maximum absolute atomic E-state index is 11.6. The van der Waals surface area contributed by atoms with E-state index < -0.39 is 0 Å². The number of rotatable bonds is 7. The van der Waals surface area contributed by atoms with Gasteiger partial charge in [-0.05, 0) is 30.5 Å². The Labute approximate surface area is 116 Å². The Bertz CT molecular complexity index is 384. The van der Waals surface area contributed by atoms with Crippen LogP contribution >= 0.6 is 0 Å². The van der Waals surface area contributed by atoms with E-state index in [0.29, 0.717) is 0 Å². The molecule has 3 N–H and O–H groups in total. The fourth-order valence-corrected chi connectivity index (χ4v) is 1.88. The number of unbranched alkanes of at least 4 members (excludes halogenated alkanes) is 1. The van der Waals surface area contributed by atoms with E-state index in [1.807, 2.05) is 38.1 Å². The van der Waals surface area contributed by atoms with E-state index in [1.165, 1.54) is 18.4 Å². The number of hydrogen-bond donors (Lipinski definition) is 2. The van der Waals surface area contributed by atoms with Crippen LogP contribution in [0.5, 0.6) is 0 Å². The third-order valence-electron chi connectivity index (χ3n) is 3.17. The molecule has 0 aliphatic rings. The highest BCUT2D eigenvalue weighted by atomic mass is 16.1. The molecule has 0 radical (unpaired) electrons. The number of nitrogens with two attached hydrogens (primary N) is 1. The Morgan fingerprint density at radius 1 is 1.26 bits per heavy atom. The molecule has 1 aromatic carbocycles. The van der Waals surface area contributed by atoms with Crippen molar-refractivity contribution < 1.29 is 4.79 Å². The van der Waals surface area contributed by atoms with Crippen molar-refractivity contribution in [3.63, 3.8) is 0 Å². The lowest BCUT2D eigenvalue weighted by Gasteiger charge is -2.12. The molecule has 0 aromatic heterocycles. The molecular formula is C16H26N2O. The molecule has 0 saturated heterocycles. The van der Waals surface area contributed by atoms with Crippen molar-refractivity contribution >= 4 is 11.6 Å². The van der Waals surface area contributed by atoms with Crippen LogP contribution in [-0.2, 0) is 11.2 Å². The monoisotopic (exact) mass is 262 g/mol. The molecule has 1 aromatic rings. The second-order valence-corrected chi connectivity index (χ2v) is 5.45. The zero-order valence-corrected chi connectivity index (χ0v) is 12.3. The minimum atomic E-state index is 0.00198. The first kappa shape index (κ1) is 15.7. The molecule has 0 aliphatic carbocycles. The van der Waals surface area contributed by atoms with E-state index in [1.54, 1.807) is 0 Å². The number of hydrogen-bond acceptors (Lipinski definition) is 2. The number of carbonyl (C=O) groups is 1. The molecule has 0 aliphatic heterocycles. The van der Waals surface area contributed by atoms with Crippen molar-refractivity contribution in [2.45, 2.75) is 52.5 Å². The molecule has 1 unspecified atom stereocenters. The Kier molecular flexibility index (Phi) is 6.57. The lowest BCUT2D eigenvalue weighted by Crippen LogP contribution is -2.22. The number of benzene rings is 1. The standard InChI is InChI=1S/C16H26N2O/c1-4-5-6-14(17)11-13-7-9-15(10-8-13)18-16(19)12(2)3/h7-10,12,14H,4-6,11,17H2,1-3H3,(H,18,19). The predicted octanol–water partition coefficient (Wildman–Crippen LogP) is 3.34. The van der Waals surface area contributed by atoms with Crippen molar-refractivity contribution in [1.82, 2.24) is 0 Å².